The van der Waals surface area contributed by atoms with E-state index in [1.165, 1.54) is 6.42 Å². The predicted molar refractivity (Wildman–Crippen MR) is 66.2 cm³/mol. The Balaban J connectivity index is 2.09. The molecule has 1 aliphatic rings. The van der Waals surface area contributed by atoms with Crippen LogP contribution >= 0.6 is 0 Å². The minimum Gasteiger partial charge on any atom is -0.382 e. The van der Waals surface area contributed by atoms with Crippen molar-refractivity contribution in [2.75, 3.05) is 23.7 Å². The van der Waals surface area contributed by atoms with Crippen LogP contribution in [-0.2, 0) is 0 Å². The Morgan fingerprint density at radius 3 is 2.69 bits per heavy atom. The maximum Gasteiger partial charge on any atom is 0.149 e. The van der Waals surface area contributed by atoms with Gasteiger partial charge in [-0.3, -0.25) is 4.98 Å². The third kappa shape index (κ3) is 2.26. The van der Waals surface area contributed by atoms with Gasteiger partial charge in [-0.2, -0.15) is 0 Å². The van der Waals surface area contributed by atoms with E-state index in [1.807, 2.05) is 0 Å². The summed E-state index contributed by atoms with van der Waals surface area (Å²) in [7, 11) is 0. The lowest BCUT2D eigenvalue weighted by Gasteiger charge is -2.27. The van der Waals surface area contributed by atoms with E-state index >= 15 is 0 Å². The predicted octanol–water partition coefficient (Wildman–Crippen LogP) is 1.93. The molecule has 88 valence electrons. The summed E-state index contributed by atoms with van der Waals surface area (Å²) in [6.45, 7) is 9.01. The largest absolute Gasteiger partial charge is 0.382 e. The molecule has 0 spiro atoms. The lowest BCUT2D eigenvalue weighted by molar-refractivity contribution is 0.263. The summed E-state index contributed by atoms with van der Waals surface area (Å²) < 4.78 is 0. The Hall–Kier alpha value is -1.32. The molecule has 0 aliphatic carbocycles. The summed E-state index contributed by atoms with van der Waals surface area (Å²) in [5, 5.41) is 0. The molecular formula is C12H20N4. The lowest BCUT2D eigenvalue weighted by Crippen LogP contribution is -2.26. The van der Waals surface area contributed by atoms with E-state index < -0.39 is 0 Å². The number of nitrogen functional groups attached to an aromatic ring is 1. The van der Waals surface area contributed by atoms with Gasteiger partial charge in [0.15, 0.2) is 0 Å². The molecule has 1 fully saturated rings. The smallest absolute Gasteiger partial charge is 0.149 e. The zero-order valence-electron chi connectivity index (χ0n) is 10.3. The molecule has 1 aliphatic heterocycles. The van der Waals surface area contributed by atoms with Crippen molar-refractivity contribution in [2.24, 2.45) is 11.3 Å². The molecule has 0 saturated carbocycles. The zero-order valence-corrected chi connectivity index (χ0v) is 10.3. The molecule has 2 N–H and O–H groups in total. The second kappa shape index (κ2) is 3.92. The quantitative estimate of drug-likeness (QED) is 0.785. The molecule has 1 unspecified atom stereocenters. The molecule has 1 aromatic heterocycles. The number of nitrogens with zero attached hydrogens (tertiary/aromatic N) is 3. The summed E-state index contributed by atoms with van der Waals surface area (Å²) in [6.07, 6.45) is 4.60. The van der Waals surface area contributed by atoms with Crippen LogP contribution in [0.3, 0.4) is 0 Å². The molecule has 4 heteroatoms. The van der Waals surface area contributed by atoms with Gasteiger partial charge in [-0.15, -0.1) is 0 Å². The van der Waals surface area contributed by atoms with Crippen molar-refractivity contribution in [1.29, 1.82) is 0 Å². The monoisotopic (exact) mass is 220 g/mol. The number of hydrogen-bond acceptors (Lipinski definition) is 4. The van der Waals surface area contributed by atoms with Crippen molar-refractivity contribution in [3.05, 3.63) is 12.4 Å². The van der Waals surface area contributed by atoms with Crippen molar-refractivity contribution in [3.63, 3.8) is 0 Å². The van der Waals surface area contributed by atoms with Gasteiger partial charge in [0.25, 0.3) is 0 Å². The highest BCUT2D eigenvalue weighted by Crippen LogP contribution is 2.34. The Bertz CT molecular complexity index is 370. The van der Waals surface area contributed by atoms with Crippen LogP contribution in [0.15, 0.2) is 12.4 Å². The van der Waals surface area contributed by atoms with Crippen LogP contribution in [0.2, 0.25) is 0 Å². The van der Waals surface area contributed by atoms with Crippen LogP contribution in [0.5, 0.6) is 0 Å². The first-order chi connectivity index (χ1) is 7.47. The first-order valence-electron chi connectivity index (χ1n) is 5.79. The number of aromatic nitrogens is 2. The lowest BCUT2D eigenvalue weighted by atomic mass is 9.80. The van der Waals surface area contributed by atoms with Crippen LogP contribution in [0.25, 0.3) is 0 Å². The highest BCUT2D eigenvalue weighted by molar-refractivity contribution is 5.42. The normalized spacial score (nSPS) is 21.4. The van der Waals surface area contributed by atoms with Crippen LogP contribution in [0.4, 0.5) is 11.6 Å². The second-order valence-electron chi connectivity index (χ2n) is 5.60. The highest BCUT2D eigenvalue weighted by atomic mass is 15.2. The summed E-state index contributed by atoms with van der Waals surface area (Å²) in [5.74, 6) is 2.12. The van der Waals surface area contributed by atoms with Crippen LogP contribution in [-0.4, -0.2) is 23.1 Å². The van der Waals surface area contributed by atoms with Crippen molar-refractivity contribution >= 4 is 11.6 Å². The van der Waals surface area contributed by atoms with E-state index in [9.17, 15) is 0 Å². The third-order valence-electron chi connectivity index (χ3n) is 3.38. The SMILES string of the molecule is CC(C)(C)C1CCN(c2cncc(N)n2)C1. The van der Waals surface area contributed by atoms with Crippen molar-refractivity contribution in [3.8, 4) is 0 Å². The number of rotatable bonds is 1. The average molecular weight is 220 g/mol. The molecule has 0 aromatic carbocycles. The van der Waals surface area contributed by atoms with Crippen molar-refractivity contribution in [1.82, 2.24) is 9.97 Å². The topological polar surface area (TPSA) is 55.0 Å². The molecular weight excluding hydrogens is 200 g/mol. The summed E-state index contributed by atoms with van der Waals surface area (Å²) in [4.78, 5) is 10.7. The molecule has 0 radical (unpaired) electrons. The summed E-state index contributed by atoms with van der Waals surface area (Å²) in [6, 6.07) is 0. The van der Waals surface area contributed by atoms with E-state index in [0.29, 0.717) is 11.2 Å². The van der Waals surface area contributed by atoms with Crippen LogP contribution in [0.1, 0.15) is 27.2 Å². The van der Waals surface area contributed by atoms with Crippen molar-refractivity contribution in [2.45, 2.75) is 27.2 Å². The minimum atomic E-state index is 0.364. The van der Waals surface area contributed by atoms with Gasteiger partial charge in [0.2, 0.25) is 0 Å². The van der Waals surface area contributed by atoms with E-state index in [2.05, 4.69) is 35.6 Å². The van der Waals surface area contributed by atoms with E-state index in [0.717, 1.165) is 24.8 Å². The fourth-order valence-corrected chi connectivity index (χ4v) is 2.20. The fourth-order valence-electron chi connectivity index (χ4n) is 2.20. The first-order valence-corrected chi connectivity index (χ1v) is 5.79. The Morgan fingerprint density at radius 1 is 1.38 bits per heavy atom. The second-order valence-corrected chi connectivity index (χ2v) is 5.60. The Labute approximate surface area is 96.9 Å². The molecule has 16 heavy (non-hydrogen) atoms. The van der Waals surface area contributed by atoms with E-state index in [1.54, 1.807) is 12.4 Å². The molecule has 0 amide bonds. The van der Waals surface area contributed by atoms with Gasteiger partial charge in [-0.05, 0) is 17.8 Å². The first kappa shape index (κ1) is 11.2. The maximum absolute atomic E-state index is 5.65. The molecule has 1 atom stereocenters. The van der Waals surface area contributed by atoms with Crippen LogP contribution in [0, 0.1) is 11.3 Å². The molecule has 1 saturated heterocycles. The van der Waals surface area contributed by atoms with Gasteiger partial charge in [0, 0.05) is 13.1 Å². The minimum absolute atomic E-state index is 0.364. The van der Waals surface area contributed by atoms with Gasteiger partial charge >= 0.3 is 0 Å². The maximum atomic E-state index is 5.65. The Kier molecular flexibility index (Phi) is 2.74. The molecule has 2 heterocycles. The average Bonchev–Trinajstić information content (AvgIpc) is 2.65. The van der Waals surface area contributed by atoms with E-state index in [-0.39, 0.29) is 0 Å². The molecule has 0 bridgehead atoms. The fraction of sp³-hybridized carbons (Fsp3) is 0.667. The molecule has 1 aromatic rings. The zero-order chi connectivity index (χ0) is 11.8. The van der Waals surface area contributed by atoms with Gasteiger partial charge in [0.05, 0.1) is 12.4 Å². The number of anilines is 2. The standard InChI is InChI=1S/C12H20N4/c1-12(2,3)9-4-5-16(8-9)11-7-14-6-10(13)15-11/h6-7,9H,4-5,8H2,1-3H3,(H2,13,15). The number of hydrogen-bond donors (Lipinski definition) is 1. The van der Waals surface area contributed by atoms with Crippen LogP contribution < -0.4 is 10.6 Å². The summed E-state index contributed by atoms with van der Waals surface area (Å²) >= 11 is 0. The van der Waals surface area contributed by atoms with Gasteiger partial charge in [-0.1, -0.05) is 20.8 Å². The van der Waals surface area contributed by atoms with Gasteiger partial charge in [-0.25, -0.2) is 4.98 Å². The highest BCUT2D eigenvalue weighted by Gasteiger charge is 2.32. The molecule has 2 rings (SSSR count). The third-order valence-corrected chi connectivity index (χ3v) is 3.38. The number of nitrogens with two attached hydrogens (primary N) is 1. The molecule has 4 nitrogen and oxygen atoms in total. The Morgan fingerprint density at radius 2 is 2.12 bits per heavy atom. The van der Waals surface area contributed by atoms with Gasteiger partial charge in [0.1, 0.15) is 11.6 Å². The van der Waals surface area contributed by atoms with Gasteiger partial charge < -0.3 is 10.6 Å². The van der Waals surface area contributed by atoms with Crippen molar-refractivity contribution < 1.29 is 0 Å². The summed E-state index contributed by atoms with van der Waals surface area (Å²) in [5.41, 5.74) is 6.01. The van der Waals surface area contributed by atoms with E-state index in [4.69, 9.17) is 5.73 Å².